The Morgan fingerprint density at radius 2 is 2.00 bits per heavy atom. The Balaban J connectivity index is 1.88. The molecule has 108 valence electrons. The van der Waals surface area contributed by atoms with Gasteiger partial charge in [-0.1, -0.05) is 24.3 Å². The lowest BCUT2D eigenvalue weighted by molar-refractivity contribution is 0.0666. The maximum Gasteiger partial charge on any atom is 0.354 e. The second kappa shape index (κ2) is 5.40. The van der Waals surface area contributed by atoms with Crippen LogP contribution in [0.25, 0.3) is 0 Å². The third-order valence-electron chi connectivity index (χ3n) is 3.70. The highest BCUT2D eigenvalue weighted by Gasteiger charge is 2.26. The number of carboxylic acids is 1. The van der Waals surface area contributed by atoms with E-state index in [2.05, 4.69) is 16.0 Å². The molecular formula is C15H15N3O3. The van der Waals surface area contributed by atoms with E-state index in [0.717, 1.165) is 18.4 Å². The van der Waals surface area contributed by atoms with Gasteiger partial charge in [0.15, 0.2) is 11.4 Å². The molecule has 1 aliphatic heterocycles. The second-order valence-electron chi connectivity index (χ2n) is 5.03. The number of fused-ring (bicyclic) bond motifs is 1. The van der Waals surface area contributed by atoms with Crippen molar-refractivity contribution in [2.75, 3.05) is 6.54 Å². The molecule has 0 aliphatic carbocycles. The molecule has 0 spiro atoms. The van der Waals surface area contributed by atoms with E-state index >= 15 is 0 Å². The molecule has 21 heavy (non-hydrogen) atoms. The molecule has 0 saturated heterocycles. The molecular weight excluding hydrogens is 270 g/mol. The number of H-pyrrole nitrogens is 1. The molecule has 3 rings (SSSR count). The number of carbonyl (C=O) groups is 2. The van der Waals surface area contributed by atoms with E-state index in [4.69, 9.17) is 5.11 Å². The molecule has 1 aromatic carbocycles. The van der Waals surface area contributed by atoms with Crippen molar-refractivity contribution < 1.29 is 14.7 Å². The van der Waals surface area contributed by atoms with E-state index in [9.17, 15) is 9.59 Å². The van der Waals surface area contributed by atoms with Crippen LogP contribution in [0, 0.1) is 0 Å². The summed E-state index contributed by atoms with van der Waals surface area (Å²) in [5.41, 5.74) is 2.17. The minimum Gasteiger partial charge on any atom is -0.477 e. The smallest absolute Gasteiger partial charge is 0.354 e. The maximum atomic E-state index is 12.5. The molecule has 0 saturated carbocycles. The van der Waals surface area contributed by atoms with Gasteiger partial charge in [-0.3, -0.25) is 4.79 Å². The number of imidazole rings is 1. The summed E-state index contributed by atoms with van der Waals surface area (Å²) in [5.74, 6) is -1.52. The van der Waals surface area contributed by atoms with Gasteiger partial charge >= 0.3 is 5.97 Å². The number of carbonyl (C=O) groups excluding carboxylic acids is 1. The monoisotopic (exact) mass is 285 g/mol. The third-order valence-corrected chi connectivity index (χ3v) is 3.70. The summed E-state index contributed by atoms with van der Waals surface area (Å²) in [6, 6.07) is 8.01. The first kappa shape index (κ1) is 13.4. The first-order valence-corrected chi connectivity index (χ1v) is 6.79. The highest BCUT2D eigenvalue weighted by atomic mass is 16.4. The van der Waals surface area contributed by atoms with Crippen LogP contribution in [-0.2, 0) is 13.0 Å². The Hall–Kier alpha value is -2.63. The van der Waals surface area contributed by atoms with Crippen molar-refractivity contribution in [1.29, 1.82) is 0 Å². The molecule has 2 N–H and O–H groups in total. The number of aromatic nitrogens is 2. The van der Waals surface area contributed by atoms with Crippen LogP contribution in [0.2, 0.25) is 0 Å². The Bertz CT molecular complexity index is 693. The summed E-state index contributed by atoms with van der Waals surface area (Å²) in [7, 11) is 0. The van der Waals surface area contributed by atoms with Gasteiger partial charge in [0, 0.05) is 13.1 Å². The van der Waals surface area contributed by atoms with Gasteiger partial charge in [-0.15, -0.1) is 0 Å². The molecule has 1 amide bonds. The van der Waals surface area contributed by atoms with Gasteiger partial charge in [0.25, 0.3) is 5.91 Å². The van der Waals surface area contributed by atoms with Crippen molar-refractivity contribution in [3.05, 3.63) is 53.1 Å². The number of aryl methyl sites for hydroxylation is 1. The zero-order valence-corrected chi connectivity index (χ0v) is 11.4. The number of hydrogen-bond acceptors (Lipinski definition) is 3. The van der Waals surface area contributed by atoms with Gasteiger partial charge in [-0.25, -0.2) is 9.78 Å². The lowest BCUT2D eigenvalue weighted by Crippen LogP contribution is -2.32. The van der Waals surface area contributed by atoms with Crippen LogP contribution in [0.5, 0.6) is 0 Å². The van der Waals surface area contributed by atoms with Gasteiger partial charge in [-0.2, -0.15) is 0 Å². The number of nitrogens with zero attached hydrogens (tertiary/aromatic N) is 2. The van der Waals surface area contributed by atoms with Crippen molar-refractivity contribution in [3.8, 4) is 0 Å². The minimum absolute atomic E-state index is 0.0260. The number of amides is 1. The number of hydrogen-bond donors (Lipinski definition) is 2. The van der Waals surface area contributed by atoms with Gasteiger partial charge in [0.05, 0.1) is 6.33 Å². The Kier molecular flexibility index (Phi) is 3.43. The molecule has 1 aromatic heterocycles. The first-order chi connectivity index (χ1) is 10.2. The zero-order chi connectivity index (χ0) is 14.8. The Morgan fingerprint density at radius 3 is 2.76 bits per heavy atom. The van der Waals surface area contributed by atoms with Crippen LogP contribution in [0.15, 0.2) is 30.6 Å². The number of carboxylic acid groups (broad SMARTS) is 1. The molecule has 0 fully saturated rings. The average Bonchev–Trinajstić information content (AvgIpc) is 2.87. The molecule has 0 atom stereocenters. The van der Waals surface area contributed by atoms with E-state index in [1.54, 1.807) is 4.90 Å². The summed E-state index contributed by atoms with van der Waals surface area (Å²) in [6.45, 7) is 1.08. The van der Waals surface area contributed by atoms with Gasteiger partial charge < -0.3 is 15.0 Å². The Labute approximate surface area is 121 Å². The van der Waals surface area contributed by atoms with E-state index in [1.807, 2.05) is 18.2 Å². The lowest BCUT2D eigenvalue weighted by Gasteiger charge is -2.20. The molecule has 6 heteroatoms. The van der Waals surface area contributed by atoms with E-state index in [1.165, 1.54) is 11.9 Å². The number of rotatable bonds is 2. The topological polar surface area (TPSA) is 86.3 Å². The van der Waals surface area contributed by atoms with Crippen LogP contribution in [-0.4, -0.2) is 38.4 Å². The average molecular weight is 285 g/mol. The van der Waals surface area contributed by atoms with Crippen LogP contribution >= 0.6 is 0 Å². The first-order valence-electron chi connectivity index (χ1n) is 6.79. The fourth-order valence-corrected chi connectivity index (χ4v) is 2.64. The van der Waals surface area contributed by atoms with Gasteiger partial charge in [0.2, 0.25) is 0 Å². The molecule has 0 bridgehead atoms. The largest absolute Gasteiger partial charge is 0.477 e. The molecule has 2 heterocycles. The summed E-state index contributed by atoms with van der Waals surface area (Å²) in [4.78, 5) is 31.7. The quantitative estimate of drug-likeness (QED) is 0.879. The highest BCUT2D eigenvalue weighted by molar-refractivity contribution is 6.02. The number of nitrogens with one attached hydrogen (secondary N) is 1. The van der Waals surface area contributed by atoms with E-state index in [0.29, 0.717) is 13.1 Å². The fraction of sp³-hybridized carbons (Fsp3) is 0.267. The predicted octanol–water partition coefficient (Wildman–Crippen LogP) is 1.70. The Morgan fingerprint density at radius 1 is 1.24 bits per heavy atom. The van der Waals surface area contributed by atoms with Crippen LogP contribution in [0.3, 0.4) is 0 Å². The highest BCUT2D eigenvalue weighted by Crippen LogP contribution is 2.20. The SMILES string of the molecule is O=C(O)c1[nH]cnc1C(=O)N1CCCc2ccccc2C1. The summed E-state index contributed by atoms with van der Waals surface area (Å²) >= 11 is 0. The minimum atomic E-state index is -1.17. The number of benzene rings is 1. The van der Waals surface area contributed by atoms with Gasteiger partial charge in [-0.05, 0) is 24.0 Å². The van der Waals surface area contributed by atoms with E-state index in [-0.39, 0.29) is 17.3 Å². The van der Waals surface area contributed by atoms with Crippen LogP contribution < -0.4 is 0 Å². The summed E-state index contributed by atoms with van der Waals surface area (Å²) in [5, 5.41) is 9.07. The predicted molar refractivity (Wildman–Crippen MR) is 75.1 cm³/mol. The van der Waals surface area contributed by atoms with Crippen molar-refractivity contribution in [3.63, 3.8) is 0 Å². The summed E-state index contributed by atoms with van der Waals surface area (Å²) in [6.07, 6.45) is 3.02. The number of aromatic amines is 1. The van der Waals surface area contributed by atoms with Crippen LogP contribution in [0.4, 0.5) is 0 Å². The van der Waals surface area contributed by atoms with Crippen LogP contribution in [0.1, 0.15) is 38.5 Å². The van der Waals surface area contributed by atoms with Crippen molar-refractivity contribution >= 4 is 11.9 Å². The van der Waals surface area contributed by atoms with E-state index < -0.39 is 5.97 Å². The molecule has 0 radical (unpaired) electrons. The summed E-state index contributed by atoms with van der Waals surface area (Å²) < 4.78 is 0. The standard InChI is InChI=1S/C15H15N3O3/c19-14(12-13(15(20)21)17-9-16-12)18-7-3-6-10-4-1-2-5-11(10)8-18/h1-2,4-5,9H,3,6-8H2,(H,16,17)(H,20,21). The maximum absolute atomic E-state index is 12.5. The van der Waals surface area contributed by atoms with Crippen molar-refractivity contribution in [2.24, 2.45) is 0 Å². The molecule has 6 nitrogen and oxygen atoms in total. The zero-order valence-electron chi connectivity index (χ0n) is 11.4. The number of aromatic carboxylic acids is 1. The lowest BCUT2D eigenvalue weighted by atomic mass is 10.0. The van der Waals surface area contributed by atoms with Gasteiger partial charge in [0.1, 0.15) is 0 Å². The normalized spacial score (nSPS) is 14.4. The molecule has 1 aliphatic rings. The fourth-order valence-electron chi connectivity index (χ4n) is 2.64. The van der Waals surface area contributed by atoms with Crippen molar-refractivity contribution in [1.82, 2.24) is 14.9 Å². The third kappa shape index (κ3) is 2.52. The molecule has 0 unspecified atom stereocenters. The molecule has 2 aromatic rings. The second-order valence-corrected chi connectivity index (χ2v) is 5.03. The van der Waals surface area contributed by atoms with Crippen molar-refractivity contribution in [2.45, 2.75) is 19.4 Å².